The van der Waals surface area contributed by atoms with Crippen LogP contribution in [-0.4, -0.2) is 14.8 Å². The first-order chi connectivity index (χ1) is 11.7. The molecule has 6 heteroatoms. The Morgan fingerprint density at radius 1 is 1.17 bits per heavy atom. The van der Waals surface area contributed by atoms with E-state index < -0.39 is 0 Å². The molecule has 0 radical (unpaired) electrons. The summed E-state index contributed by atoms with van der Waals surface area (Å²) in [6.45, 7) is 5.30. The fourth-order valence-corrected chi connectivity index (χ4v) is 4.31. The molecule has 3 rings (SSSR count). The number of nitrogens with zero attached hydrogens (tertiary/aromatic N) is 3. The van der Waals surface area contributed by atoms with Crippen molar-refractivity contribution in [2.45, 2.75) is 44.1 Å². The third kappa shape index (κ3) is 4.02. The monoisotopic (exact) mass is 377 g/mol. The Morgan fingerprint density at radius 2 is 1.96 bits per heavy atom. The molecule has 2 aromatic heterocycles. The van der Waals surface area contributed by atoms with Gasteiger partial charge >= 0.3 is 0 Å². The molecule has 0 aliphatic rings. The zero-order valence-electron chi connectivity index (χ0n) is 13.8. The second kappa shape index (κ2) is 8.19. The lowest BCUT2D eigenvalue weighted by Gasteiger charge is -2.08. The topological polar surface area (TPSA) is 30.7 Å². The van der Waals surface area contributed by atoms with Gasteiger partial charge in [-0.05, 0) is 36.6 Å². The van der Waals surface area contributed by atoms with E-state index in [1.807, 2.05) is 12.1 Å². The Hall–Kier alpha value is -1.30. The van der Waals surface area contributed by atoms with Gasteiger partial charge in [0.15, 0.2) is 11.0 Å². The van der Waals surface area contributed by atoms with E-state index in [-0.39, 0.29) is 0 Å². The minimum atomic E-state index is 0.768. The molecule has 24 heavy (non-hydrogen) atoms. The van der Waals surface area contributed by atoms with Crippen molar-refractivity contribution in [3.63, 3.8) is 0 Å². The van der Waals surface area contributed by atoms with Crippen molar-refractivity contribution in [1.29, 1.82) is 0 Å². The van der Waals surface area contributed by atoms with Crippen LogP contribution >= 0.6 is 34.7 Å². The van der Waals surface area contributed by atoms with Crippen molar-refractivity contribution in [3.05, 3.63) is 51.2 Å². The average molecular weight is 378 g/mol. The van der Waals surface area contributed by atoms with Gasteiger partial charge in [-0.1, -0.05) is 49.3 Å². The van der Waals surface area contributed by atoms with Crippen LogP contribution in [0.4, 0.5) is 0 Å². The number of aryl methyl sites for hydroxylation is 1. The van der Waals surface area contributed by atoms with Gasteiger partial charge in [0.2, 0.25) is 0 Å². The van der Waals surface area contributed by atoms with Gasteiger partial charge in [-0.25, -0.2) is 0 Å². The summed E-state index contributed by atoms with van der Waals surface area (Å²) >= 11 is 9.46. The molecule has 0 atom stereocenters. The predicted octanol–water partition coefficient (Wildman–Crippen LogP) is 5.92. The molecule has 0 fully saturated rings. The molecule has 0 spiro atoms. The van der Waals surface area contributed by atoms with Crippen LogP contribution in [0.3, 0.4) is 0 Å². The van der Waals surface area contributed by atoms with Crippen LogP contribution in [-0.2, 0) is 18.7 Å². The number of rotatable bonds is 7. The minimum absolute atomic E-state index is 0.768. The largest absolute Gasteiger partial charge is 0.302 e. The molecule has 0 saturated carbocycles. The summed E-state index contributed by atoms with van der Waals surface area (Å²) in [6.07, 6.45) is 2.12. The SMILES string of the molecule is CCCn1c(SCc2ccc(Cl)cc2)nnc1-c1csc(CC)c1. The van der Waals surface area contributed by atoms with E-state index in [9.17, 15) is 0 Å². The first-order valence-corrected chi connectivity index (χ1v) is 10.3. The highest BCUT2D eigenvalue weighted by molar-refractivity contribution is 7.98. The first-order valence-electron chi connectivity index (χ1n) is 8.09. The maximum Gasteiger partial charge on any atom is 0.191 e. The number of benzene rings is 1. The van der Waals surface area contributed by atoms with Crippen molar-refractivity contribution in [2.24, 2.45) is 0 Å². The zero-order chi connectivity index (χ0) is 16.9. The first kappa shape index (κ1) is 17.5. The fraction of sp³-hybridized carbons (Fsp3) is 0.333. The molecule has 0 unspecified atom stereocenters. The van der Waals surface area contributed by atoms with Crippen molar-refractivity contribution >= 4 is 34.7 Å². The molecule has 3 aromatic rings. The van der Waals surface area contributed by atoms with Crippen LogP contribution in [0.1, 0.15) is 30.7 Å². The summed E-state index contributed by atoms with van der Waals surface area (Å²) in [5, 5.41) is 12.8. The van der Waals surface area contributed by atoms with Gasteiger partial charge in [0, 0.05) is 33.1 Å². The van der Waals surface area contributed by atoms with Crippen LogP contribution in [0.2, 0.25) is 5.02 Å². The van der Waals surface area contributed by atoms with E-state index >= 15 is 0 Å². The molecule has 126 valence electrons. The van der Waals surface area contributed by atoms with Gasteiger partial charge in [0.05, 0.1) is 0 Å². The third-order valence-corrected chi connectivity index (χ3v) is 6.08. The maximum absolute atomic E-state index is 5.95. The number of hydrogen-bond acceptors (Lipinski definition) is 4. The van der Waals surface area contributed by atoms with E-state index in [1.165, 1.54) is 16.0 Å². The molecule has 0 aliphatic carbocycles. The highest BCUT2D eigenvalue weighted by Gasteiger charge is 2.15. The molecule has 0 N–H and O–H groups in total. The highest BCUT2D eigenvalue weighted by atomic mass is 35.5. The van der Waals surface area contributed by atoms with Gasteiger partial charge in [-0.2, -0.15) is 0 Å². The molecule has 3 nitrogen and oxygen atoms in total. The standard InChI is InChI=1S/C18H20ClN3S2/c1-3-9-22-17(14-10-16(4-2)23-12-14)20-21-18(22)24-11-13-5-7-15(19)8-6-13/h5-8,10,12H,3-4,9,11H2,1-2H3. The zero-order valence-corrected chi connectivity index (χ0v) is 16.2. The number of hydrogen-bond donors (Lipinski definition) is 0. The van der Waals surface area contributed by atoms with Crippen molar-refractivity contribution in [3.8, 4) is 11.4 Å². The predicted molar refractivity (Wildman–Crippen MR) is 104 cm³/mol. The molecule has 1 aromatic carbocycles. The normalized spacial score (nSPS) is 11.1. The Balaban J connectivity index is 1.81. The van der Waals surface area contributed by atoms with E-state index in [0.29, 0.717) is 0 Å². The van der Waals surface area contributed by atoms with Crippen LogP contribution in [0.15, 0.2) is 40.9 Å². The molecule has 0 bridgehead atoms. The van der Waals surface area contributed by atoms with Gasteiger partial charge in [-0.3, -0.25) is 0 Å². The summed E-state index contributed by atoms with van der Waals surface area (Å²) in [5.41, 5.74) is 2.41. The Labute approximate surface area is 156 Å². The van der Waals surface area contributed by atoms with Crippen LogP contribution in [0.5, 0.6) is 0 Å². The van der Waals surface area contributed by atoms with Crippen molar-refractivity contribution in [2.75, 3.05) is 0 Å². The van der Waals surface area contributed by atoms with Gasteiger partial charge < -0.3 is 4.57 Å². The molecule has 0 amide bonds. The Morgan fingerprint density at radius 3 is 2.62 bits per heavy atom. The molecule has 2 heterocycles. The van der Waals surface area contributed by atoms with Gasteiger partial charge in [0.1, 0.15) is 0 Å². The second-order valence-electron chi connectivity index (χ2n) is 5.53. The van der Waals surface area contributed by atoms with E-state index in [2.05, 4.69) is 52.2 Å². The van der Waals surface area contributed by atoms with Gasteiger partial charge in [-0.15, -0.1) is 21.5 Å². The number of thiophene rings is 1. The molecular formula is C18H20ClN3S2. The summed E-state index contributed by atoms with van der Waals surface area (Å²) in [6, 6.07) is 10.2. The van der Waals surface area contributed by atoms with E-state index in [0.717, 1.165) is 41.1 Å². The number of thioether (sulfide) groups is 1. The van der Waals surface area contributed by atoms with Crippen LogP contribution in [0, 0.1) is 0 Å². The highest BCUT2D eigenvalue weighted by Crippen LogP contribution is 2.29. The summed E-state index contributed by atoms with van der Waals surface area (Å²) in [4.78, 5) is 1.38. The van der Waals surface area contributed by atoms with E-state index in [4.69, 9.17) is 11.6 Å². The van der Waals surface area contributed by atoms with Gasteiger partial charge in [0.25, 0.3) is 0 Å². The maximum atomic E-state index is 5.95. The smallest absolute Gasteiger partial charge is 0.191 e. The second-order valence-corrected chi connectivity index (χ2v) is 7.90. The summed E-state index contributed by atoms with van der Waals surface area (Å²) in [5.74, 6) is 1.84. The molecule has 0 saturated heterocycles. The Kier molecular flexibility index (Phi) is 5.98. The Bertz CT molecular complexity index is 793. The fourth-order valence-electron chi connectivity index (χ4n) is 2.45. The lowest BCUT2D eigenvalue weighted by molar-refractivity contribution is 0.626. The van der Waals surface area contributed by atoms with Crippen LogP contribution in [0.25, 0.3) is 11.4 Å². The van der Waals surface area contributed by atoms with Crippen LogP contribution < -0.4 is 0 Å². The number of aromatic nitrogens is 3. The lowest BCUT2D eigenvalue weighted by Crippen LogP contribution is -2.01. The molecular weight excluding hydrogens is 358 g/mol. The number of halogens is 1. The summed E-state index contributed by atoms with van der Waals surface area (Å²) in [7, 11) is 0. The lowest BCUT2D eigenvalue weighted by atomic mass is 10.2. The molecule has 0 aliphatic heterocycles. The van der Waals surface area contributed by atoms with E-state index in [1.54, 1.807) is 23.1 Å². The van der Waals surface area contributed by atoms with Crippen molar-refractivity contribution in [1.82, 2.24) is 14.8 Å². The quantitative estimate of drug-likeness (QED) is 0.478. The third-order valence-electron chi connectivity index (χ3n) is 3.71. The summed E-state index contributed by atoms with van der Waals surface area (Å²) < 4.78 is 2.24. The average Bonchev–Trinajstić information content (AvgIpc) is 3.21. The van der Waals surface area contributed by atoms with Crippen molar-refractivity contribution < 1.29 is 0 Å². The minimum Gasteiger partial charge on any atom is -0.302 e.